The molecule has 64 valence electrons. The van der Waals surface area contributed by atoms with E-state index in [1.807, 2.05) is 0 Å². The number of hydrogen-bond donors (Lipinski definition) is 1. The van der Waals surface area contributed by atoms with Gasteiger partial charge >= 0.3 is 5.97 Å². The molecule has 0 aromatic heterocycles. The Morgan fingerprint density at radius 3 is 3.00 bits per heavy atom. The first-order valence-electron chi connectivity index (χ1n) is 3.62. The molecular weight excluding hydrogens is 146 g/mol. The van der Waals surface area contributed by atoms with E-state index in [9.17, 15) is 4.79 Å². The van der Waals surface area contributed by atoms with Crippen molar-refractivity contribution in [1.82, 2.24) is 0 Å². The molecule has 0 aliphatic carbocycles. The van der Waals surface area contributed by atoms with Crippen molar-refractivity contribution in [2.75, 3.05) is 6.61 Å². The Morgan fingerprint density at radius 2 is 2.45 bits per heavy atom. The van der Waals surface area contributed by atoms with Crippen LogP contribution < -0.4 is 0 Å². The number of hydrogen-bond acceptors (Lipinski definition) is 4. The SMILES string of the molecule is CCOC(=O)CCC/C=N/O. The molecule has 4 nitrogen and oxygen atoms in total. The zero-order chi connectivity index (χ0) is 8.53. The maximum absolute atomic E-state index is 10.7. The van der Waals surface area contributed by atoms with Gasteiger partial charge in [-0.3, -0.25) is 4.79 Å². The van der Waals surface area contributed by atoms with Gasteiger partial charge in [-0.25, -0.2) is 0 Å². The van der Waals surface area contributed by atoms with Gasteiger partial charge in [-0.1, -0.05) is 0 Å². The van der Waals surface area contributed by atoms with Gasteiger partial charge in [0.25, 0.3) is 0 Å². The van der Waals surface area contributed by atoms with E-state index in [1.54, 1.807) is 6.92 Å². The van der Waals surface area contributed by atoms with Crippen LogP contribution in [0.15, 0.2) is 5.16 Å². The van der Waals surface area contributed by atoms with E-state index in [0.29, 0.717) is 25.9 Å². The molecule has 0 unspecified atom stereocenters. The van der Waals surface area contributed by atoms with Gasteiger partial charge in [-0.15, -0.1) is 5.16 Å². The van der Waals surface area contributed by atoms with E-state index in [2.05, 4.69) is 9.89 Å². The summed E-state index contributed by atoms with van der Waals surface area (Å²) in [5.41, 5.74) is 0. The van der Waals surface area contributed by atoms with Crippen molar-refractivity contribution < 1.29 is 14.7 Å². The molecule has 0 bridgehead atoms. The average Bonchev–Trinajstić information content (AvgIpc) is 1.99. The molecule has 0 atom stereocenters. The second kappa shape index (κ2) is 7.05. The van der Waals surface area contributed by atoms with Crippen LogP contribution in [-0.2, 0) is 9.53 Å². The molecule has 4 heteroatoms. The van der Waals surface area contributed by atoms with Crippen LogP contribution in [0, 0.1) is 0 Å². The molecule has 1 N–H and O–H groups in total. The molecule has 0 aromatic carbocycles. The van der Waals surface area contributed by atoms with Gasteiger partial charge in [0.1, 0.15) is 0 Å². The third kappa shape index (κ3) is 6.83. The van der Waals surface area contributed by atoms with Gasteiger partial charge in [0.05, 0.1) is 6.61 Å². The zero-order valence-electron chi connectivity index (χ0n) is 6.62. The molecule has 0 fully saturated rings. The van der Waals surface area contributed by atoms with E-state index < -0.39 is 0 Å². The van der Waals surface area contributed by atoms with E-state index in [0.717, 1.165) is 0 Å². The lowest BCUT2D eigenvalue weighted by molar-refractivity contribution is -0.143. The third-order valence-electron chi connectivity index (χ3n) is 1.10. The summed E-state index contributed by atoms with van der Waals surface area (Å²) in [6.45, 7) is 2.19. The summed E-state index contributed by atoms with van der Waals surface area (Å²) >= 11 is 0. The van der Waals surface area contributed by atoms with Crippen molar-refractivity contribution >= 4 is 12.2 Å². The van der Waals surface area contributed by atoms with Crippen molar-refractivity contribution in [2.45, 2.75) is 26.2 Å². The number of carbonyl (C=O) groups is 1. The molecule has 0 aromatic rings. The summed E-state index contributed by atoms with van der Waals surface area (Å²) in [5, 5.41) is 10.8. The van der Waals surface area contributed by atoms with Crippen LogP contribution in [0.1, 0.15) is 26.2 Å². The maximum atomic E-state index is 10.7. The minimum atomic E-state index is -0.196. The predicted molar refractivity (Wildman–Crippen MR) is 40.8 cm³/mol. The normalized spacial score (nSPS) is 10.3. The maximum Gasteiger partial charge on any atom is 0.305 e. The number of oxime groups is 1. The lowest BCUT2D eigenvalue weighted by Crippen LogP contribution is -2.03. The van der Waals surface area contributed by atoms with Crippen molar-refractivity contribution in [3.05, 3.63) is 0 Å². The highest BCUT2D eigenvalue weighted by Gasteiger charge is 1.98. The number of rotatable bonds is 5. The number of nitrogens with zero attached hydrogens (tertiary/aromatic N) is 1. The molecule has 0 radical (unpaired) electrons. The van der Waals surface area contributed by atoms with Crippen molar-refractivity contribution in [3.63, 3.8) is 0 Å². The summed E-state index contributed by atoms with van der Waals surface area (Å²) in [5.74, 6) is -0.196. The van der Waals surface area contributed by atoms with Gasteiger partial charge < -0.3 is 9.94 Å². The highest BCUT2D eigenvalue weighted by Crippen LogP contribution is 1.95. The molecule has 0 saturated heterocycles. The van der Waals surface area contributed by atoms with Gasteiger partial charge in [0.2, 0.25) is 0 Å². The standard InChI is InChI=1S/C7H13NO3/c1-2-11-7(9)5-3-4-6-8-10/h6,10H,2-5H2,1H3/b8-6+. The molecule has 0 rings (SSSR count). The zero-order valence-corrected chi connectivity index (χ0v) is 6.62. The topological polar surface area (TPSA) is 58.9 Å². The quantitative estimate of drug-likeness (QED) is 0.215. The number of esters is 1. The van der Waals surface area contributed by atoms with Gasteiger partial charge in [0, 0.05) is 12.6 Å². The molecule has 0 heterocycles. The van der Waals surface area contributed by atoms with Crippen LogP contribution in [0.25, 0.3) is 0 Å². The summed E-state index contributed by atoms with van der Waals surface area (Å²) in [4.78, 5) is 10.7. The lowest BCUT2D eigenvalue weighted by atomic mass is 10.2. The second-order valence-corrected chi connectivity index (χ2v) is 2.00. The molecular formula is C7H13NO3. The monoisotopic (exact) mass is 159 g/mol. The minimum Gasteiger partial charge on any atom is -0.466 e. The highest BCUT2D eigenvalue weighted by molar-refractivity contribution is 5.69. The average molecular weight is 159 g/mol. The number of unbranched alkanes of at least 4 members (excludes halogenated alkanes) is 1. The lowest BCUT2D eigenvalue weighted by Gasteiger charge is -1.98. The second-order valence-electron chi connectivity index (χ2n) is 2.00. The van der Waals surface area contributed by atoms with Crippen molar-refractivity contribution in [1.29, 1.82) is 0 Å². The Hall–Kier alpha value is -1.06. The first-order chi connectivity index (χ1) is 5.31. The van der Waals surface area contributed by atoms with Crippen LogP contribution >= 0.6 is 0 Å². The van der Waals surface area contributed by atoms with Crippen LogP contribution in [0.3, 0.4) is 0 Å². The van der Waals surface area contributed by atoms with E-state index in [4.69, 9.17) is 5.21 Å². The van der Waals surface area contributed by atoms with E-state index in [-0.39, 0.29) is 5.97 Å². The molecule has 0 spiro atoms. The fourth-order valence-corrected chi connectivity index (χ4v) is 0.629. The number of ether oxygens (including phenoxy) is 1. The van der Waals surface area contributed by atoms with E-state index in [1.165, 1.54) is 6.21 Å². The summed E-state index contributed by atoms with van der Waals surface area (Å²) < 4.78 is 4.68. The Kier molecular flexibility index (Phi) is 6.37. The van der Waals surface area contributed by atoms with Crippen LogP contribution in [0.5, 0.6) is 0 Å². The fraction of sp³-hybridized carbons (Fsp3) is 0.714. The highest BCUT2D eigenvalue weighted by atomic mass is 16.5. The van der Waals surface area contributed by atoms with Crippen LogP contribution in [0.2, 0.25) is 0 Å². The minimum absolute atomic E-state index is 0.196. The molecule has 0 aliphatic rings. The first-order valence-corrected chi connectivity index (χ1v) is 3.62. The van der Waals surface area contributed by atoms with Gasteiger partial charge in [0.15, 0.2) is 0 Å². The van der Waals surface area contributed by atoms with Crippen molar-refractivity contribution in [3.8, 4) is 0 Å². The molecule has 11 heavy (non-hydrogen) atoms. The van der Waals surface area contributed by atoms with Gasteiger partial charge in [-0.2, -0.15) is 0 Å². The van der Waals surface area contributed by atoms with E-state index >= 15 is 0 Å². The number of carbonyl (C=O) groups excluding carboxylic acids is 1. The molecule has 0 amide bonds. The van der Waals surface area contributed by atoms with Crippen molar-refractivity contribution in [2.24, 2.45) is 5.16 Å². The Labute approximate surface area is 65.8 Å². The summed E-state index contributed by atoms with van der Waals surface area (Å²) in [6.07, 6.45) is 3.03. The van der Waals surface area contributed by atoms with Crippen LogP contribution in [0.4, 0.5) is 0 Å². The summed E-state index contributed by atoms with van der Waals surface area (Å²) in [6, 6.07) is 0. The first kappa shape index (κ1) is 9.94. The Bertz CT molecular complexity index is 134. The Morgan fingerprint density at radius 1 is 1.73 bits per heavy atom. The predicted octanol–water partition coefficient (Wildman–Crippen LogP) is 1.18. The Balaban J connectivity index is 3.17. The summed E-state index contributed by atoms with van der Waals surface area (Å²) in [7, 11) is 0. The smallest absolute Gasteiger partial charge is 0.305 e. The molecule has 0 saturated carbocycles. The van der Waals surface area contributed by atoms with Gasteiger partial charge in [-0.05, 0) is 19.8 Å². The third-order valence-corrected chi connectivity index (χ3v) is 1.10. The molecule has 0 aliphatic heterocycles. The fourth-order valence-electron chi connectivity index (χ4n) is 0.629. The van der Waals surface area contributed by atoms with Crippen LogP contribution in [-0.4, -0.2) is 24.0 Å². The largest absolute Gasteiger partial charge is 0.466 e.